The van der Waals surface area contributed by atoms with Crippen molar-refractivity contribution < 1.29 is 9.59 Å². The summed E-state index contributed by atoms with van der Waals surface area (Å²) < 4.78 is 0.923. The Morgan fingerprint density at radius 2 is 1.65 bits per heavy atom. The summed E-state index contributed by atoms with van der Waals surface area (Å²) >= 11 is 8.73. The van der Waals surface area contributed by atoms with E-state index in [0.717, 1.165) is 15.2 Å². The molecule has 1 amide bonds. The van der Waals surface area contributed by atoms with E-state index in [1.54, 1.807) is 30.3 Å². The van der Waals surface area contributed by atoms with Crippen LogP contribution in [0, 0.1) is 0 Å². The Morgan fingerprint density at radius 1 is 0.962 bits per heavy atom. The molecule has 0 aliphatic heterocycles. The normalized spacial score (nSPS) is 10.4. The smallest absolute Gasteiger partial charge is 0.258 e. The Kier molecular flexibility index (Phi) is 5.44. The number of rotatable bonds is 3. The van der Waals surface area contributed by atoms with Gasteiger partial charge >= 0.3 is 0 Å². The Hall–Kier alpha value is -2.57. The van der Waals surface area contributed by atoms with E-state index < -0.39 is 0 Å². The zero-order valence-corrected chi connectivity index (χ0v) is 16.3. The van der Waals surface area contributed by atoms with Crippen molar-refractivity contribution in [1.29, 1.82) is 0 Å². The standard InChI is InChI=1S/C20H15BrN2O2S/c1-12(24)13-5-2-6-14(11-13)22-20(26)23-19(25)17-9-3-8-16-15(17)7-4-10-18(16)21/h2-11H,1H3,(H2,22,23,25,26). The summed E-state index contributed by atoms with van der Waals surface area (Å²) in [5.74, 6) is -0.334. The van der Waals surface area contributed by atoms with Gasteiger partial charge in [0, 0.05) is 21.3 Å². The second kappa shape index (κ2) is 7.76. The topological polar surface area (TPSA) is 58.2 Å². The summed E-state index contributed by atoms with van der Waals surface area (Å²) in [5.41, 5.74) is 1.75. The molecule has 0 unspecified atom stereocenters. The summed E-state index contributed by atoms with van der Waals surface area (Å²) in [6, 6.07) is 18.2. The molecular formula is C20H15BrN2O2S. The summed E-state index contributed by atoms with van der Waals surface area (Å²) in [7, 11) is 0. The third kappa shape index (κ3) is 3.98. The van der Waals surface area contributed by atoms with E-state index in [2.05, 4.69) is 26.6 Å². The van der Waals surface area contributed by atoms with E-state index in [-0.39, 0.29) is 16.8 Å². The fourth-order valence-electron chi connectivity index (χ4n) is 2.62. The number of nitrogens with one attached hydrogen (secondary N) is 2. The van der Waals surface area contributed by atoms with Crippen LogP contribution in [0.5, 0.6) is 0 Å². The van der Waals surface area contributed by atoms with Crippen molar-refractivity contribution in [3.05, 3.63) is 76.3 Å². The number of fused-ring (bicyclic) bond motifs is 1. The van der Waals surface area contributed by atoms with E-state index in [0.29, 0.717) is 16.8 Å². The number of ketones is 1. The van der Waals surface area contributed by atoms with Crippen LogP contribution in [0.15, 0.2) is 65.1 Å². The SMILES string of the molecule is CC(=O)c1cccc(NC(=S)NC(=O)c2cccc3c(Br)cccc23)c1. The van der Waals surface area contributed by atoms with Crippen LogP contribution in [-0.4, -0.2) is 16.8 Å². The van der Waals surface area contributed by atoms with Crippen molar-refractivity contribution in [3.8, 4) is 0 Å². The van der Waals surface area contributed by atoms with Gasteiger partial charge in [-0.05, 0) is 54.2 Å². The van der Waals surface area contributed by atoms with Gasteiger partial charge < -0.3 is 5.32 Å². The van der Waals surface area contributed by atoms with E-state index in [1.807, 2.05) is 30.3 Å². The largest absolute Gasteiger partial charge is 0.332 e. The van der Waals surface area contributed by atoms with Crippen LogP contribution in [-0.2, 0) is 0 Å². The molecule has 0 saturated carbocycles. The first-order valence-electron chi connectivity index (χ1n) is 7.86. The molecule has 0 bridgehead atoms. The van der Waals surface area contributed by atoms with Gasteiger partial charge in [0.2, 0.25) is 0 Å². The van der Waals surface area contributed by atoms with Crippen LogP contribution >= 0.6 is 28.1 Å². The molecule has 4 nitrogen and oxygen atoms in total. The quantitative estimate of drug-likeness (QED) is 0.460. The highest BCUT2D eigenvalue weighted by molar-refractivity contribution is 9.10. The van der Waals surface area contributed by atoms with E-state index in [9.17, 15) is 9.59 Å². The number of amides is 1. The first-order chi connectivity index (χ1) is 12.5. The van der Waals surface area contributed by atoms with Crippen LogP contribution < -0.4 is 10.6 Å². The van der Waals surface area contributed by atoms with Crippen molar-refractivity contribution in [3.63, 3.8) is 0 Å². The lowest BCUT2D eigenvalue weighted by atomic mass is 10.0. The van der Waals surface area contributed by atoms with Gasteiger partial charge in [0.25, 0.3) is 5.91 Å². The van der Waals surface area contributed by atoms with Gasteiger partial charge in [0.1, 0.15) is 0 Å². The van der Waals surface area contributed by atoms with Crippen molar-refractivity contribution in [1.82, 2.24) is 5.32 Å². The average molecular weight is 427 g/mol. The lowest BCUT2D eigenvalue weighted by Crippen LogP contribution is -2.34. The van der Waals surface area contributed by atoms with Gasteiger partial charge in [-0.15, -0.1) is 0 Å². The first-order valence-corrected chi connectivity index (χ1v) is 9.06. The zero-order valence-electron chi connectivity index (χ0n) is 13.9. The molecule has 3 rings (SSSR count). The number of anilines is 1. The summed E-state index contributed by atoms with van der Waals surface area (Å²) in [5, 5.41) is 7.58. The maximum absolute atomic E-state index is 12.6. The first kappa shape index (κ1) is 18.2. The predicted molar refractivity (Wildman–Crippen MR) is 112 cm³/mol. The Labute approximate surface area is 164 Å². The molecule has 0 aliphatic rings. The Balaban J connectivity index is 1.78. The summed E-state index contributed by atoms with van der Waals surface area (Å²) in [6.45, 7) is 1.50. The third-order valence-electron chi connectivity index (χ3n) is 3.87. The molecule has 130 valence electrons. The molecule has 0 heterocycles. The van der Waals surface area contributed by atoms with Gasteiger partial charge in [0.05, 0.1) is 0 Å². The Bertz CT molecular complexity index is 1030. The molecule has 3 aromatic rings. The van der Waals surface area contributed by atoms with Crippen molar-refractivity contribution in [2.75, 3.05) is 5.32 Å². The molecule has 0 radical (unpaired) electrons. The molecule has 0 aliphatic carbocycles. The second-order valence-electron chi connectivity index (χ2n) is 5.69. The molecular weight excluding hydrogens is 412 g/mol. The van der Waals surface area contributed by atoms with Crippen molar-refractivity contribution in [2.45, 2.75) is 6.92 Å². The van der Waals surface area contributed by atoms with Gasteiger partial charge in [-0.1, -0.05) is 52.3 Å². The molecule has 3 aromatic carbocycles. The summed E-state index contributed by atoms with van der Waals surface area (Å²) in [6.07, 6.45) is 0. The monoisotopic (exact) mass is 426 g/mol. The third-order valence-corrected chi connectivity index (χ3v) is 4.76. The van der Waals surface area contributed by atoms with E-state index in [4.69, 9.17) is 12.2 Å². The number of Topliss-reactive ketones (excluding diaryl/α,β-unsaturated/α-hetero) is 1. The molecule has 2 N–H and O–H groups in total. The van der Waals surface area contributed by atoms with Gasteiger partial charge in [0.15, 0.2) is 10.9 Å². The maximum Gasteiger partial charge on any atom is 0.258 e. The van der Waals surface area contributed by atoms with Crippen LogP contribution in [0.4, 0.5) is 5.69 Å². The lowest BCUT2D eigenvalue weighted by Gasteiger charge is -2.12. The molecule has 0 atom stereocenters. The predicted octanol–water partition coefficient (Wildman–Crippen LogP) is 4.93. The van der Waals surface area contributed by atoms with Crippen LogP contribution in [0.2, 0.25) is 0 Å². The van der Waals surface area contributed by atoms with Crippen LogP contribution in [0.25, 0.3) is 10.8 Å². The van der Waals surface area contributed by atoms with E-state index >= 15 is 0 Å². The number of thiocarbonyl (C=S) groups is 1. The minimum Gasteiger partial charge on any atom is -0.332 e. The van der Waals surface area contributed by atoms with Crippen LogP contribution in [0.1, 0.15) is 27.6 Å². The van der Waals surface area contributed by atoms with Gasteiger partial charge in [-0.25, -0.2) is 0 Å². The lowest BCUT2D eigenvalue weighted by molar-refractivity contribution is 0.0977. The minimum absolute atomic E-state index is 0.0371. The highest BCUT2D eigenvalue weighted by Gasteiger charge is 2.12. The number of hydrogen-bond acceptors (Lipinski definition) is 3. The summed E-state index contributed by atoms with van der Waals surface area (Å²) in [4.78, 5) is 24.1. The molecule has 6 heteroatoms. The average Bonchev–Trinajstić information content (AvgIpc) is 2.61. The van der Waals surface area contributed by atoms with Gasteiger partial charge in [-0.2, -0.15) is 0 Å². The van der Waals surface area contributed by atoms with Gasteiger partial charge in [-0.3, -0.25) is 14.9 Å². The number of hydrogen-bond donors (Lipinski definition) is 2. The molecule has 0 spiro atoms. The minimum atomic E-state index is -0.297. The fraction of sp³-hybridized carbons (Fsp3) is 0.0500. The van der Waals surface area contributed by atoms with Crippen molar-refractivity contribution in [2.24, 2.45) is 0 Å². The molecule has 26 heavy (non-hydrogen) atoms. The highest BCUT2D eigenvalue weighted by atomic mass is 79.9. The highest BCUT2D eigenvalue weighted by Crippen LogP contribution is 2.26. The van der Waals surface area contributed by atoms with Crippen LogP contribution in [0.3, 0.4) is 0 Å². The number of carbonyl (C=O) groups excluding carboxylic acids is 2. The molecule has 0 fully saturated rings. The second-order valence-corrected chi connectivity index (χ2v) is 6.95. The Morgan fingerprint density at radius 3 is 2.42 bits per heavy atom. The number of carbonyl (C=O) groups is 2. The molecule has 0 aromatic heterocycles. The maximum atomic E-state index is 12.6. The zero-order chi connectivity index (χ0) is 18.7. The van der Waals surface area contributed by atoms with Crippen molar-refractivity contribution >= 4 is 61.4 Å². The van der Waals surface area contributed by atoms with E-state index in [1.165, 1.54) is 6.92 Å². The number of halogens is 1. The number of benzene rings is 3. The fourth-order valence-corrected chi connectivity index (χ4v) is 3.33. The molecule has 0 saturated heterocycles.